The maximum Gasteiger partial charge on any atom is 0.232 e. The summed E-state index contributed by atoms with van der Waals surface area (Å²) in [5.41, 5.74) is 2.35. The second kappa shape index (κ2) is 4.37. The third-order valence-electron chi connectivity index (χ3n) is 2.77. The van der Waals surface area contributed by atoms with Crippen LogP contribution in [-0.4, -0.2) is 25.2 Å². The molecule has 1 aromatic heterocycles. The van der Waals surface area contributed by atoms with Gasteiger partial charge in [0.2, 0.25) is 5.88 Å². The van der Waals surface area contributed by atoms with Crippen LogP contribution in [0.1, 0.15) is 24.1 Å². The van der Waals surface area contributed by atoms with Crippen molar-refractivity contribution in [2.75, 3.05) is 20.2 Å². The van der Waals surface area contributed by atoms with Crippen LogP contribution in [0.25, 0.3) is 0 Å². The van der Waals surface area contributed by atoms with Crippen LogP contribution in [0, 0.1) is 0 Å². The second-order valence-electron chi connectivity index (χ2n) is 3.87. The maximum absolute atomic E-state index is 6.07. The van der Waals surface area contributed by atoms with Crippen molar-refractivity contribution in [3.8, 4) is 5.88 Å². The average Bonchev–Trinajstić information content (AvgIpc) is 2.40. The Morgan fingerprint density at radius 2 is 2.40 bits per heavy atom. The van der Waals surface area contributed by atoms with Crippen molar-refractivity contribution in [3.05, 3.63) is 22.3 Å². The molecule has 1 N–H and O–H groups in total. The number of hydrogen-bond donors (Lipinski definition) is 1. The number of halogens is 1. The van der Waals surface area contributed by atoms with Gasteiger partial charge in [0.25, 0.3) is 0 Å². The fourth-order valence-corrected chi connectivity index (χ4v) is 2.16. The lowest BCUT2D eigenvalue weighted by Gasteiger charge is -2.13. The molecular formula is C11H15ClN2O. The van der Waals surface area contributed by atoms with E-state index in [0.717, 1.165) is 25.2 Å². The van der Waals surface area contributed by atoms with E-state index in [1.807, 2.05) is 6.07 Å². The second-order valence-corrected chi connectivity index (χ2v) is 4.28. The van der Waals surface area contributed by atoms with E-state index in [1.165, 1.54) is 5.56 Å². The Labute approximate surface area is 94.8 Å². The predicted octanol–water partition coefficient (Wildman–Crippen LogP) is 1.99. The summed E-state index contributed by atoms with van der Waals surface area (Å²) in [7, 11) is 1.60. The van der Waals surface area contributed by atoms with E-state index in [9.17, 15) is 0 Å². The molecule has 0 aliphatic carbocycles. The predicted molar refractivity (Wildman–Crippen MR) is 60.8 cm³/mol. The van der Waals surface area contributed by atoms with Crippen LogP contribution in [0.15, 0.2) is 6.07 Å². The van der Waals surface area contributed by atoms with E-state index in [2.05, 4.69) is 17.2 Å². The molecule has 0 radical (unpaired) electrons. The number of rotatable bonds is 1. The molecular weight excluding hydrogens is 212 g/mol. The van der Waals surface area contributed by atoms with Gasteiger partial charge in [-0.2, -0.15) is 0 Å². The first kappa shape index (κ1) is 10.7. The van der Waals surface area contributed by atoms with Gasteiger partial charge >= 0.3 is 0 Å². The van der Waals surface area contributed by atoms with E-state index in [4.69, 9.17) is 16.3 Å². The first-order valence-electron chi connectivity index (χ1n) is 5.16. The summed E-state index contributed by atoms with van der Waals surface area (Å²) in [6.45, 7) is 4.13. The van der Waals surface area contributed by atoms with Crippen molar-refractivity contribution >= 4 is 11.6 Å². The van der Waals surface area contributed by atoms with Crippen molar-refractivity contribution in [2.24, 2.45) is 0 Å². The number of nitrogens with one attached hydrogen (secondary N) is 1. The Morgan fingerprint density at radius 1 is 1.60 bits per heavy atom. The van der Waals surface area contributed by atoms with Gasteiger partial charge in [0.15, 0.2) is 0 Å². The summed E-state index contributed by atoms with van der Waals surface area (Å²) in [6.07, 6.45) is 0.938. The van der Waals surface area contributed by atoms with Crippen molar-refractivity contribution in [2.45, 2.75) is 19.3 Å². The Morgan fingerprint density at radius 3 is 3.13 bits per heavy atom. The van der Waals surface area contributed by atoms with Crippen molar-refractivity contribution in [1.82, 2.24) is 10.3 Å². The molecule has 0 saturated carbocycles. The fraction of sp³-hybridized carbons (Fsp3) is 0.545. The number of hydrogen-bond acceptors (Lipinski definition) is 3. The Kier molecular flexibility index (Phi) is 3.12. The zero-order chi connectivity index (χ0) is 10.8. The van der Waals surface area contributed by atoms with E-state index < -0.39 is 0 Å². The van der Waals surface area contributed by atoms with Crippen LogP contribution in [0.5, 0.6) is 5.88 Å². The summed E-state index contributed by atoms with van der Waals surface area (Å²) in [6, 6.07) is 1.99. The highest BCUT2D eigenvalue weighted by molar-refractivity contribution is 6.31. The number of fused-ring (bicyclic) bond motifs is 1. The molecule has 0 amide bonds. The number of aromatic nitrogens is 1. The summed E-state index contributed by atoms with van der Waals surface area (Å²) >= 11 is 6.07. The standard InChI is InChI=1S/C11H15ClN2O/c1-7-6-13-4-3-10-8(7)5-9(12)11(14-10)15-2/h5,7,13H,3-4,6H2,1-2H3/t7-/m1/s1. The summed E-state index contributed by atoms with van der Waals surface area (Å²) < 4.78 is 5.12. The zero-order valence-corrected chi connectivity index (χ0v) is 9.77. The van der Waals surface area contributed by atoms with E-state index in [0.29, 0.717) is 16.8 Å². The summed E-state index contributed by atoms with van der Waals surface area (Å²) in [5, 5.41) is 3.98. The third kappa shape index (κ3) is 2.08. The number of ether oxygens (including phenoxy) is 1. The largest absolute Gasteiger partial charge is 0.480 e. The summed E-state index contributed by atoms with van der Waals surface area (Å²) in [5.74, 6) is 0.989. The smallest absolute Gasteiger partial charge is 0.232 e. The van der Waals surface area contributed by atoms with Gasteiger partial charge < -0.3 is 10.1 Å². The minimum Gasteiger partial charge on any atom is -0.480 e. The van der Waals surface area contributed by atoms with Crippen LogP contribution in [0.3, 0.4) is 0 Å². The van der Waals surface area contributed by atoms with Gasteiger partial charge in [-0.3, -0.25) is 0 Å². The SMILES string of the molecule is COc1nc2c(cc1Cl)[C@H](C)CNCC2. The minimum atomic E-state index is 0.457. The van der Waals surface area contributed by atoms with E-state index >= 15 is 0 Å². The molecule has 2 heterocycles. The highest BCUT2D eigenvalue weighted by Crippen LogP contribution is 2.29. The molecule has 0 unspecified atom stereocenters. The molecule has 82 valence electrons. The van der Waals surface area contributed by atoms with Crippen LogP contribution < -0.4 is 10.1 Å². The number of pyridine rings is 1. The van der Waals surface area contributed by atoms with Crippen molar-refractivity contribution in [3.63, 3.8) is 0 Å². The number of nitrogens with zero attached hydrogens (tertiary/aromatic N) is 1. The van der Waals surface area contributed by atoms with Crippen molar-refractivity contribution < 1.29 is 4.74 Å². The molecule has 1 aliphatic rings. The van der Waals surface area contributed by atoms with Gasteiger partial charge in [-0.25, -0.2) is 4.98 Å². The topological polar surface area (TPSA) is 34.1 Å². The molecule has 0 saturated heterocycles. The molecule has 0 aromatic carbocycles. The van der Waals surface area contributed by atoms with Crippen LogP contribution in [0.2, 0.25) is 5.02 Å². The van der Waals surface area contributed by atoms with Gasteiger partial charge in [0, 0.05) is 25.2 Å². The monoisotopic (exact) mass is 226 g/mol. The molecule has 2 rings (SSSR count). The molecule has 3 nitrogen and oxygen atoms in total. The van der Waals surface area contributed by atoms with Gasteiger partial charge in [-0.15, -0.1) is 0 Å². The quantitative estimate of drug-likeness (QED) is 0.796. The van der Waals surface area contributed by atoms with E-state index in [-0.39, 0.29) is 0 Å². The highest BCUT2D eigenvalue weighted by Gasteiger charge is 2.18. The fourth-order valence-electron chi connectivity index (χ4n) is 1.93. The van der Waals surface area contributed by atoms with Crippen LogP contribution >= 0.6 is 11.6 Å². The Balaban J connectivity index is 2.46. The van der Waals surface area contributed by atoms with Crippen LogP contribution in [-0.2, 0) is 6.42 Å². The molecule has 1 aliphatic heterocycles. The molecule has 0 bridgehead atoms. The lowest BCUT2D eigenvalue weighted by atomic mass is 10.00. The zero-order valence-electron chi connectivity index (χ0n) is 9.01. The Hall–Kier alpha value is -0.800. The first-order chi connectivity index (χ1) is 7.22. The molecule has 0 spiro atoms. The minimum absolute atomic E-state index is 0.457. The van der Waals surface area contributed by atoms with Crippen LogP contribution in [0.4, 0.5) is 0 Å². The lowest BCUT2D eigenvalue weighted by Crippen LogP contribution is -2.18. The highest BCUT2D eigenvalue weighted by atomic mass is 35.5. The molecule has 1 atom stereocenters. The lowest BCUT2D eigenvalue weighted by molar-refractivity contribution is 0.396. The molecule has 1 aromatic rings. The van der Waals surface area contributed by atoms with Crippen molar-refractivity contribution in [1.29, 1.82) is 0 Å². The molecule has 0 fully saturated rings. The van der Waals surface area contributed by atoms with Gasteiger partial charge in [0.1, 0.15) is 5.02 Å². The van der Waals surface area contributed by atoms with Gasteiger partial charge in [-0.1, -0.05) is 18.5 Å². The van der Waals surface area contributed by atoms with E-state index in [1.54, 1.807) is 7.11 Å². The third-order valence-corrected chi connectivity index (χ3v) is 3.04. The average molecular weight is 227 g/mol. The molecule has 15 heavy (non-hydrogen) atoms. The summed E-state index contributed by atoms with van der Waals surface area (Å²) in [4.78, 5) is 4.45. The first-order valence-corrected chi connectivity index (χ1v) is 5.54. The maximum atomic E-state index is 6.07. The molecule has 4 heteroatoms. The van der Waals surface area contributed by atoms with Gasteiger partial charge in [-0.05, 0) is 17.5 Å². The number of methoxy groups -OCH3 is 1. The van der Waals surface area contributed by atoms with Gasteiger partial charge in [0.05, 0.1) is 7.11 Å². The Bertz CT molecular complexity index is 368. The normalized spacial score (nSPS) is 20.6.